The summed E-state index contributed by atoms with van der Waals surface area (Å²) < 4.78 is 32.3. The number of hydrogen-bond donors (Lipinski definition) is 8. The highest BCUT2D eigenvalue weighted by atomic mass is 16.7. The Morgan fingerprint density at radius 3 is 1.87 bits per heavy atom. The summed E-state index contributed by atoms with van der Waals surface area (Å²) in [5.41, 5.74) is -0.0369. The summed E-state index contributed by atoms with van der Waals surface area (Å²) in [6.45, 7) is 14.6. The van der Waals surface area contributed by atoms with Gasteiger partial charge in [-0.2, -0.15) is 0 Å². The first-order valence-electron chi connectivity index (χ1n) is 20.6. The van der Waals surface area contributed by atoms with E-state index in [1.54, 1.807) is 0 Å². The molecule has 54 heavy (non-hydrogen) atoms. The monoisotopic (exact) mass is 768 g/mol. The van der Waals surface area contributed by atoms with E-state index in [1.807, 2.05) is 0 Å². The number of fused-ring (bicyclic) bond motifs is 4. The van der Waals surface area contributed by atoms with Crippen molar-refractivity contribution in [3.63, 3.8) is 0 Å². The molecule has 13 nitrogen and oxygen atoms in total. The van der Waals surface area contributed by atoms with Gasteiger partial charge in [0, 0.05) is 6.42 Å². The van der Waals surface area contributed by atoms with Crippen molar-refractivity contribution in [2.24, 2.45) is 45.8 Å². The number of rotatable bonds is 7. The number of hydrogen-bond acceptors (Lipinski definition) is 13. The molecule has 3 aliphatic heterocycles. The van der Waals surface area contributed by atoms with Crippen LogP contribution in [0.4, 0.5) is 0 Å². The second kappa shape index (κ2) is 14.8. The number of ether oxygens (including phenoxy) is 5. The maximum absolute atomic E-state index is 11.1. The summed E-state index contributed by atoms with van der Waals surface area (Å²) in [4.78, 5) is 0. The van der Waals surface area contributed by atoms with Crippen LogP contribution in [0.25, 0.3) is 0 Å². The Balaban J connectivity index is 1.16. The van der Waals surface area contributed by atoms with Gasteiger partial charge in [-0.15, -0.1) is 0 Å². The van der Waals surface area contributed by atoms with E-state index < -0.39 is 80.2 Å². The SMILES string of the molecule is CC(C)=CC1CC(C)(OC2OC(CO)C(O)C(O)C2O)C2CCC3(C)C4CCC5C(C)(C)C(OC6OC(CO)C(O)C(O)C6O)CCC5(C)C4CC(O1)C23. The van der Waals surface area contributed by atoms with Crippen molar-refractivity contribution in [2.75, 3.05) is 13.2 Å². The molecule has 21 atom stereocenters. The fraction of sp³-hybridized carbons (Fsp3) is 0.951. The topological polar surface area (TPSA) is 208 Å². The van der Waals surface area contributed by atoms with Crippen molar-refractivity contribution >= 4 is 0 Å². The average molecular weight is 769 g/mol. The van der Waals surface area contributed by atoms with Gasteiger partial charge in [-0.3, -0.25) is 0 Å². The standard InChI is InChI=1S/C41H68O13/c1-19(2)14-20-16-41(7,54-37-35(49)33(47)31(45)26(18-43)52-37)22-10-12-40(6)21-8-9-27-38(3,4)28(53-36-34(48)32(46)30(44)25(17-42)51-36)11-13-39(27,5)23(21)15-24(50-20)29(22)40/h14,20-37,42-49H,8-13,15-18H2,1-7H3. The van der Waals surface area contributed by atoms with Gasteiger partial charge in [0.15, 0.2) is 12.6 Å². The minimum Gasteiger partial charge on any atom is -0.394 e. The molecule has 0 aromatic rings. The molecule has 7 fully saturated rings. The van der Waals surface area contributed by atoms with Crippen molar-refractivity contribution in [2.45, 2.75) is 185 Å². The molecule has 0 bridgehead atoms. The van der Waals surface area contributed by atoms with Crippen LogP contribution in [0.5, 0.6) is 0 Å². The highest BCUT2D eigenvalue weighted by Gasteiger charge is 2.69. The quantitative estimate of drug-likeness (QED) is 0.138. The lowest BCUT2D eigenvalue weighted by atomic mass is 9.39. The van der Waals surface area contributed by atoms with E-state index >= 15 is 0 Å². The van der Waals surface area contributed by atoms with Gasteiger partial charge in [0.25, 0.3) is 0 Å². The number of allylic oxidation sites excluding steroid dienone is 1. The fourth-order valence-electron chi connectivity index (χ4n) is 13.5. The zero-order valence-corrected chi connectivity index (χ0v) is 33.2. The van der Waals surface area contributed by atoms with E-state index in [-0.39, 0.29) is 46.4 Å². The van der Waals surface area contributed by atoms with Crippen LogP contribution in [0.15, 0.2) is 11.6 Å². The minimum absolute atomic E-state index is 0.0223. The Bertz CT molecular complexity index is 1370. The van der Waals surface area contributed by atoms with Gasteiger partial charge in [-0.05, 0) is 112 Å². The number of aliphatic hydroxyl groups excluding tert-OH is 8. The van der Waals surface area contributed by atoms with Gasteiger partial charge >= 0.3 is 0 Å². The van der Waals surface area contributed by atoms with Gasteiger partial charge in [0.05, 0.1) is 37.1 Å². The predicted octanol–water partition coefficient (Wildman–Crippen LogP) is 1.78. The van der Waals surface area contributed by atoms with Crippen LogP contribution >= 0.6 is 0 Å². The van der Waals surface area contributed by atoms with Crippen LogP contribution in [0.2, 0.25) is 0 Å². The summed E-state index contributed by atoms with van der Waals surface area (Å²) in [6, 6.07) is 0. The molecule has 8 N–H and O–H groups in total. The van der Waals surface area contributed by atoms with Crippen LogP contribution in [-0.2, 0) is 23.7 Å². The Morgan fingerprint density at radius 1 is 0.667 bits per heavy atom. The molecule has 7 aliphatic rings. The highest BCUT2D eigenvalue weighted by Crippen LogP contribution is 2.72. The Kier molecular flexibility index (Phi) is 11.3. The largest absolute Gasteiger partial charge is 0.394 e. The Morgan fingerprint density at radius 2 is 1.26 bits per heavy atom. The summed E-state index contributed by atoms with van der Waals surface area (Å²) >= 11 is 0. The van der Waals surface area contributed by atoms with Gasteiger partial charge in [-0.25, -0.2) is 0 Å². The van der Waals surface area contributed by atoms with Crippen LogP contribution in [0, 0.1) is 45.8 Å². The summed E-state index contributed by atoms with van der Waals surface area (Å²) in [6.07, 6.45) is -4.62. The second-order valence-corrected chi connectivity index (χ2v) is 19.7. The van der Waals surface area contributed by atoms with E-state index in [0.29, 0.717) is 24.2 Å². The molecule has 0 aromatic heterocycles. The summed E-state index contributed by atoms with van der Waals surface area (Å²) in [5, 5.41) is 83.5. The fourth-order valence-corrected chi connectivity index (χ4v) is 13.5. The zero-order chi connectivity index (χ0) is 39.3. The van der Waals surface area contributed by atoms with Crippen molar-refractivity contribution < 1.29 is 64.5 Å². The van der Waals surface area contributed by atoms with Crippen molar-refractivity contribution in [3.05, 3.63) is 11.6 Å². The normalized spacial score (nSPS) is 55.5. The molecule has 21 unspecified atom stereocenters. The first-order chi connectivity index (χ1) is 25.3. The third-order valence-electron chi connectivity index (χ3n) is 16.1. The maximum Gasteiger partial charge on any atom is 0.187 e. The number of aliphatic hydroxyl groups is 8. The molecule has 13 heteroatoms. The third-order valence-corrected chi connectivity index (χ3v) is 16.1. The molecule has 0 aromatic carbocycles. The Labute approximate surface area is 320 Å². The minimum atomic E-state index is -1.52. The highest BCUT2D eigenvalue weighted by molar-refractivity contribution is 5.18. The summed E-state index contributed by atoms with van der Waals surface area (Å²) in [7, 11) is 0. The van der Waals surface area contributed by atoms with Crippen molar-refractivity contribution in [1.29, 1.82) is 0 Å². The molecule has 7 rings (SSSR count). The first-order valence-corrected chi connectivity index (χ1v) is 20.6. The molecule has 3 saturated heterocycles. The lowest BCUT2D eigenvalue weighted by Crippen LogP contribution is -2.64. The first kappa shape index (κ1) is 41.4. The van der Waals surface area contributed by atoms with E-state index in [2.05, 4.69) is 54.5 Å². The lowest BCUT2D eigenvalue weighted by Gasteiger charge is -2.67. The van der Waals surface area contributed by atoms with Gasteiger partial charge < -0.3 is 64.5 Å². The van der Waals surface area contributed by atoms with Crippen LogP contribution < -0.4 is 0 Å². The van der Waals surface area contributed by atoms with Crippen LogP contribution in [-0.4, -0.2) is 139 Å². The molecule has 0 radical (unpaired) electrons. The lowest BCUT2D eigenvalue weighted by molar-refractivity contribution is -0.334. The smallest absolute Gasteiger partial charge is 0.187 e. The molecular formula is C41H68O13. The molecule has 4 aliphatic carbocycles. The van der Waals surface area contributed by atoms with Gasteiger partial charge in [-0.1, -0.05) is 39.3 Å². The van der Waals surface area contributed by atoms with Crippen molar-refractivity contribution in [1.82, 2.24) is 0 Å². The Hall–Kier alpha value is -0.780. The second-order valence-electron chi connectivity index (χ2n) is 19.7. The molecule has 0 amide bonds. The van der Waals surface area contributed by atoms with Crippen molar-refractivity contribution in [3.8, 4) is 0 Å². The van der Waals surface area contributed by atoms with Crippen LogP contribution in [0.1, 0.15) is 99.8 Å². The zero-order valence-electron chi connectivity index (χ0n) is 33.2. The molecule has 0 spiro atoms. The van der Waals surface area contributed by atoms with E-state index in [4.69, 9.17) is 23.7 Å². The van der Waals surface area contributed by atoms with E-state index in [1.165, 1.54) is 0 Å². The maximum atomic E-state index is 11.1. The average Bonchev–Trinajstić information content (AvgIpc) is 3.44. The van der Waals surface area contributed by atoms with Gasteiger partial charge in [0.1, 0.15) is 48.8 Å². The molecule has 310 valence electrons. The summed E-state index contributed by atoms with van der Waals surface area (Å²) in [5.74, 6) is 1.40. The van der Waals surface area contributed by atoms with Crippen LogP contribution in [0.3, 0.4) is 0 Å². The van der Waals surface area contributed by atoms with Gasteiger partial charge in [0.2, 0.25) is 0 Å². The predicted molar refractivity (Wildman–Crippen MR) is 194 cm³/mol. The van der Waals surface area contributed by atoms with E-state index in [9.17, 15) is 40.9 Å². The molecule has 4 saturated carbocycles. The van der Waals surface area contributed by atoms with E-state index in [0.717, 1.165) is 50.5 Å². The molecule has 3 heterocycles. The molecular weight excluding hydrogens is 700 g/mol. The third kappa shape index (κ3) is 6.57.